The van der Waals surface area contributed by atoms with E-state index < -0.39 is 11.9 Å². The number of fused-ring (bicyclic) bond motifs is 1. The van der Waals surface area contributed by atoms with Gasteiger partial charge in [0.05, 0.1) is 24.2 Å². The molecule has 1 aromatic heterocycles. The van der Waals surface area contributed by atoms with E-state index in [9.17, 15) is 4.39 Å². The third kappa shape index (κ3) is 2.55. The van der Waals surface area contributed by atoms with E-state index in [1.165, 1.54) is 13.2 Å². The average Bonchev–Trinajstić information content (AvgIpc) is 2.53. The van der Waals surface area contributed by atoms with Crippen molar-refractivity contribution >= 4 is 11.0 Å². The molecule has 0 saturated carbocycles. The molecule has 0 aliphatic carbocycles. The van der Waals surface area contributed by atoms with Crippen molar-refractivity contribution in [2.75, 3.05) is 7.11 Å². The molecule has 2 aromatic carbocycles. The Morgan fingerprint density at radius 2 is 1.67 bits per heavy atom. The van der Waals surface area contributed by atoms with Gasteiger partial charge in [-0.05, 0) is 35.4 Å². The van der Waals surface area contributed by atoms with E-state index in [1.807, 2.05) is 18.2 Å². The van der Waals surface area contributed by atoms with Gasteiger partial charge in [-0.1, -0.05) is 12.1 Å². The third-order valence-corrected chi connectivity index (χ3v) is 3.39. The Labute approximate surface area is 121 Å². The van der Waals surface area contributed by atoms with Gasteiger partial charge >= 0.3 is 0 Å². The molecule has 0 aliphatic heterocycles. The summed E-state index contributed by atoms with van der Waals surface area (Å²) in [4.78, 5) is 8.46. The number of hydrogen-bond acceptors (Lipinski definition) is 4. The van der Waals surface area contributed by atoms with Crippen LogP contribution in [0, 0.1) is 5.82 Å². The summed E-state index contributed by atoms with van der Waals surface area (Å²) in [6.45, 7) is 0. The fourth-order valence-electron chi connectivity index (χ4n) is 2.24. The average molecular weight is 283 g/mol. The second kappa shape index (κ2) is 5.46. The van der Waals surface area contributed by atoms with E-state index in [2.05, 4.69) is 9.97 Å². The fraction of sp³-hybridized carbons (Fsp3) is 0.125. The Morgan fingerprint density at radius 1 is 1.00 bits per heavy atom. The molecule has 4 nitrogen and oxygen atoms in total. The summed E-state index contributed by atoms with van der Waals surface area (Å²) < 4.78 is 18.7. The van der Waals surface area contributed by atoms with Crippen molar-refractivity contribution in [2.24, 2.45) is 5.73 Å². The van der Waals surface area contributed by atoms with Gasteiger partial charge in [-0.2, -0.15) is 0 Å². The Kier molecular flexibility index (Phi) is 3.50. The van der Waals surface area contributed by atoms with Crippen molar-refractivity contribution in [3.8, 4) is 5.75 Å². The molecule has 0 fully saturated rings. The van der Waals surface area contributed by atoms with Crippen LogP contribution in [0.5, 0.6) is 5.75 Å². The molecule has 0 amide bonds. The quantitative estimate of drug-likeness (QED) is 0.803. The molecule has 3 rings (SSSR count). The lowest BCUT2D eigenvalue weighted by Gasteiger charge is -2.14. The molecule has 3 aromatic rings. The minimum atomic E-state index is -0.434. The van der Waals surface area contributed by atoms with E-state index in [-0.39, 0.29) is 5.75 Å². The maximum absolute atomic E-state index is 13.8. The maximum Gasteiger partial charge on any atom is 0.165 e. The van der Waals surface area contributed by atoms with Crippen LogP contribution in [0.2, 0.25) is 0 Å². The lowest BCUT2D eigenvalue weighted by molar-refractivity contribution is 0.386. The highest BCUT2D eigenvalue weighted by molar-refractivity contribution is 5.74. The van der Waals surface area contributed by atoms with Gasteiger partial charge in [0.2, 0.25) is 0 Å². The molecule has 0 aliphatic rings. The smallest absolute Gasteiger partial charge is 0.165 e. The predicted octanol–water partition coefficient (Wildman–Crippen LogP) is 2.83. The molecular formula is C16H14FN3O. The van der Waals surface area contributed by atoms with Crippen molar-refractivity contribution in [1.29, 1.82) is 0 Å². The second-order valence-electron chi connectivity index (χ2n) is 4.68. The lowest BCUT2D eigenvalue weighted by atomic mass is 9.99. The first kappa shape index (κ1) is 13.5. The molecule has 106 valence electrons. The molecule has 5 heteroatoms. The first-order valence-electron chi connectivity index (χ1n) is 6.49. The van der Waals surface area contributed by atoms with E-state index >= 15 is 0 Å². The number of rotatable bonds is 3. The summed E-state index contributed by atoms with van der Waals surface area (Å²) in [5, 5.41) is 0. The zero-order valence-electron chi connectivity index (χ0n) is 11.5. The maximum atomic E-state index is 13.8. The number of ether oxygens (including phenoxy) is 1. The van der Waals surface area contributed by atoms with Crippen LogP contribution in [0.15, 0.2) is 48.8 Å². The van der Waals surface area contributed by atoms with Crippen molar-refractivity contribution in [1.82, 2.24) is 9.97 Å². The van der Waals surface area contributed by atoms with Gasteiger partial charge in [-0.3, -0.25) is 9.97 Å². The Balaban J connectivity index is 1.99. The molecule has 21 heavy (non-hydrogen) atoms. The van der Waals surface area contributed by atoms with Crippen LogP contribution in [0.1, 0.15) is 17.2 Å². The number of aromatic nitrogens is 2. The standard InChI is InChI=1S/C16H14FN3O/c1-21-15-5-3-10(8-12(15)17)16(18)11-2-4-13-14(9-11)20-7-6-19-13/h2-9,16H,18H2,1H3. The predicted molar refractivity (Wildman–Crippen MR) is 78.5 cm³/mol. The Hall–Kier alpha value is -2.53. The summed E-state index contributed by atoms with van der Waals surface area (Å²) in [7, 11) is 1.43. The van der Waals surface area contributed by atoms with Gasteiger partial charge in [-0.15, -0.1) is 0 Å². The zero-order chi connectivity index (χ0) is 14.8. The van der Waals surface area contributed by atoms with Crippen LogP contribution < -0.4 is 10.5 Å². The number of methoxy groups -OCH3 is 1. The second-order valence-corrected chi connectivity index (χ2v) is 4.68. The van der Waals surface area contributed by atoms with Crippen LogP contribution in [-0.2, 0) is 0 Å². The summed E-state index contributed by atoms with van der Waals surface area (Å²) in [5.74, 6) is -0.221. The SMILES string of the molecule is COc1ccc(C(N)c2ccc3nccnc3c2)cc1F. The number of nitrogens with zero attached hydrogens (tertiary/aromatic N) is 2. The largest absolute Gasteiger partial charge is 0.494 e. The van der Waals surface area contributed by atoms with Gasteiger partial charge in [0.15, 0.2) is 11.6 Å². The number of benzene rings is 2. The van der Waals surface area contributed by atoms with Gasteiger partial charge in [0.25, 0.3) is 0 Å². The van der Waals surface area contributed by atoms with E-state index in [0.29, 0.717) is 5.56 Å². The number of nitrogens with two attached hydrogens (primary N) is 1. The van der Waals surface area contributed by atoms with Crippen LogP contribution in [0.4, 0.5) is 4.39 Å². The summed E-state index contributed by atoms with van der Waals surface area (Å²) in [5.41, 5.74) is 9.31. The highest BCUT2D eigenvalue weighted by atomic mass is 19.1. The summed E-state index contributed by atoms with van der Waals surface area (Å²) in [6.07, 6.45) is 3.27. The fourth-order valence-corrected chi connectivity index (χ4v) is 2.24. The van der Waals surface area contributed by atoms with E-state index in [1.54, 1.807) is 24.5 Å². The van der Waals surface area contributed by atoms with Crippen molar-refractivity contribution in [3.05, 3.63) is 65.7 Å². The molecule has 2 N–H and O–H groups in total. The lowest BCUT2D eigenvalue weighted by Crippen LogP contribution is -2.12. The van der Waals surface area contributed by atoms with Crippen LogP contribution in [0.3, 0.4) is 0 Å². The molecule has 1 atom stereocenters. The summed E-state index contributed by atoms with van der Waals surface area (Å²) in [6, 6.07) is 9.90. The van der Waals surface area contributed by atoms with Gasteiger partial charge < -0.3 is 10.5 Å². The van der Waals surface area contributed by atoms with Gasteiger partial charge in [-0.25, -0.2) is 4.39 Å². The molecular weight excluding hydrogens is 269 g/mol. The molecule has 0 bridgehead atoms. The third-order valence-electron chi connectivity index (χ3n) is 3.39. The van der Waals surface area contributed by atoms with Crippen molar-refractivity contribution < 1.29 is 9.13 Å². The van der Waals surface area contributed by atoms with Crippen LogP contribution >= 0.6 is 0 Å². The Morgan fingerprint density at radius 3 is 2.38 bits per heavy atom. The first-order chi connectivity index (χ1) is 10.2. The van der Waals surface area contributed by atoms with Crippen molar-refractivity contribution in [2.45, 2.75) is 6.04 Å². The van der Waals surface area contributed by atoms with Crippen LogP contribution in [0.25, 0.3) is 11.0 Å². The van der Waals surface area contributed by atoms with Gasteiger partial charge in [0.1, 0.15) is 0 Å². The number of halogens is 1. The minimum absolute atomic E-state index is 0.204. The highest BCUT2D eigenvalue weighted by Gasteiger charge is 2.13. The first-order valence-corrected chi connectivity index (χ1v) is 6.49. The van der Waals surface area contributed by atoms with Crippen LogP contribution in [-0.4, -0.2) is 17.1 Å². The van der Waals surface area contributed by atoms with Gasteiger partial charge in [0, 0.05) is 12.4 Å². The molecule has 1 heterocycles. The van der Waals surface area contributed by atoms with E-state index in [4.69, 9.17) is 10.5 Å². The molecule has 0 spiro atoms. The normalized spacial score (nSPS) is 12.3. The van der Waals surface area contributed by atoms with Crippen molar-refractivity contribution in [3.63, 3.8) is 0 Å². The number of hydrogen-bond donors (Lipinski definition) is 1. The molecule has 1 unspecified atom stereocenters. The monoisotopic (exact) mass is 283 g/mol. The molecule has 0 radical (unpaired) electrons. The minimum Gasteiger partial charge on any atom is -0.494 e. The van der Waals surface area contributed by atoms with E-state index in [0.717, 1.165) is 16.6 Å². The summed E-state index contributed by atoms with van der Waals surface area (Å²) >= 11 is 0. The topological polar surface area (TPSA) is 61.0 Å². The zero-order valence-corrected chi connectivity index (χ0v) is 11.5. The molecule has 0 saturated heterocycles. The highest BCUT2D eigenvalue weighted by Crippen LogP contribution is 2.26. The Bertz CT molecular complexity index is 791.